The van der Waals surface area contributed by atoms with Crippen LogP contribution in [-0.2, 0) is 11.4 Å². The minimum atomic E-state index is -1.04. The fraction of sp³-hybridized carbons (Fsp3) is 0.421. The van der Waals surface area contributed by atoms with Crippen molar-refractivity contribution in [3.05, 3.63) is 46.8 Å². The first-order valence-electron chi connectivity index (χ1n) is 8.61. The average molecular weight is 360 g/mol. The largest absolute Gasteiger partial charge is 0.488 e. The number of carbonyl (C=O) groups is 2. The third kappa shape index (κ3) is 4.84. The van der Waals surface area contributed by atoms with Gasteiger partial charge in [0.1, 0.15) is 24.2 Å². The summed E-state index contributed by atoms with van der Waals surface area (Å²) in [7, 11) is 0. The second kappa shape index (κ2) is 9.03. The normalized spacial score (nSPS) is 11.8. The van der Waals surface area contributed by atoms with Gasteiger partial charge in [0.15, 0.2) is 0 Å². The Morgan fingerprint density at radius 2 is 2.04 bits per heavy atom. The molecule has 0 unspecified atom stereocenters. The molecule has 7 nitrogen and oxygen atoms in total. The van der Waals surface area contributed by atoms with Gasteiger partial charge in [0.25, 0.3) is 5.91 Å². The molecule has 0 aliphatic rings. The van der Waals surface area contributed by atoms with Crippen LogP contribution in [0.4, 0.5) is 0 Å². The number of para-hydroxylation sites is 1. The van der Waals surface area contributed by atoms with E-state index < -0.39 is 17.9 Å². The van der Waals surface area contributed by atoms with E-state index in [2.05, 4.69) is 10.5 Å². The Morgan fingerprint density at radius 3 is 2.65 bits per heavy atom. The number of amides is 1. The van der Waals surface area contributed by atoms with Crippen molar-refractivity contribution in [3.63, 3.8) is 0 Å². The number of aryl methyl sites for hydroxylation is 2. The van der Waals surface area contributed by atoms with Gasteiger partial charge in [-0.25, -0.2) is 4.79 Å². The Hall–Kier alpha value is -2.83. The first-order chi connectivity index (χ1) is 12.4. The third-order valence-corrected chi connectivity index (χ3v) is 4.13. The van der Waals surface area contributed by atoms with Crippen molar-refractivity contribution in [3.8, 4) is 5.75 Å². The number of carboxylic acid groups (broad SMARTS) is 1. The summed E-state index contributed by atoms with van der Waals surface area (Å²) >= 11 is 0. The Kier molecular flexibility index (Phi) is 6.77. The summed E-state index contributed by atoms with van der Waals surface area (Å²) in [5, 5.41) is 15.7. The summed E-state index contributed by atoms with van der Waals surface area (Å²) in [6.45, 7) is 5.80. The van der Waals surface area contributed by atoms with Crippen LogP contribution in [0, 0.1) is 13.8 Å². The molecule has 0 spiro atoms. The standard InChI is InChI=1S/C19H24N2O5/c1-4-5-9-16(19(23)24)20-18(22)14-8-6-7-10-17(14)25-11-15-12(2)21-26-13(15)3/h6-8,10,16H,4-5,9,11H2,1-3H3,(H,20,22)(H,23,24)/t16-/m0/s1. The molecule has 0 saturated heterocycles. The van der Waals surface area contributed by atoms with Crippen molar-refractivity contribution in [2.24, 2.45) is 0 Å². The average Bonchev–Trinajstić information content (AvgIpc) is 2.94. The molecular weight excluding hydrogens is 336 g/mol. The summed E-state index contributed by atoms with van der Waals surface area (Å²) in [6.07, 6.45) is 1.97. The number of aliphatic carboxylic acids is 1. The molecule has 0 bridgehead atoms. The number of nitrogens with zero attached hydrogens (tertiary/aromatic N) is 1. The van der Waals surface area contributed by atoms with Gasteiger partial charge in [-0.15, -0.1) is 0 Å². The van der Waals surface area contributed by atoms with Crippen LogP contribution < -0.4 is 10.1 Å². The molecule has 7 heteroatoms. The van der Waals surface area contributed by atoms with Gasteiger partial charge in [-0.05, 0) is 32.4 Å². The van der Waals surface area contributed by atoms with Gasteiger partial charge in [-0.2, -0.15) is 0 Å². The van der Waals surface area contributed by atoms with E-state index in [9.17, 15) is 14.7 Å². The molecule has 1 aromatic carbocycles. The molecule has 1 atom stereocenters. The molecule has 2 rings (SSSR count). The number of carbonyl (C=O) groups excluding carboxylic acids is 1. The number of unbranched alkanes of at least 4 members (excludes halogenated alkanes) is 1. The van der Waals surface area contributed by atoms with Crippen molar-refractivity contribution in [1.82, 2.24) is 10.5 Å². The molecular formula is C19H24N2O5. The van der Waals surface area contributed by atoms with Crippen LogP contribution in [0.25, 0.3) is 0 Å². The maximum absolute atomic E-state index is 12.6. The highest BCUT2D eigenvalue weighted by atomic mass is 16.5. The fourth-order valence-electron chi connectivity index (χ4n) is 2.54. The summed E-state index contributed by atoms with van der Waals surface area (Å²) < 4.78 is 10.9. The van der Waals surface area contributed by atoms with E-state index in [0.29, 0.717) is 23.5 Å². The van der Waals surface area contributed by atoms with Crippen molar-refractivity contribution < 1.29 is 24.0 Å². The van der Waals surface area contributed by atoms with Gasteiger partial charge in [0.05, 0.1) is 16.8 Å². The minimum Gasteiger partial charge on any atom is -0.488 e. The lowest BCUT2D eigenvalue weighted by atomic mass is 10.1. The number of carboxylic acids is 1. The van der Waals surface area contributed by atoms with Gasteiger partial charge < -0.3 is 19.7 Å². The first kappa shape index (κ1) is 19.5. The molecule has 0 aliphatic heterocycles. The van der Waals surface area contributed by atoms with E-state index in [1.54, 1.807) is 31.2 Å². The maximum Gasteiger partial charge on any atom is 0.326 e. The lowest BCUT2D eigenvalue weighted by Gasteiger charge is -2.16. The topological polar surface area (TPSA) is 102 Å². The number of aromatic nitrogens is 1. The summed E-state index contributed by atoms with van der Waals surface area (Å²) in [4.78, 5) is 23.9. The van der Waals surface area contributed by atoms with Crippen LogP contribution >= 0.6 is 0 Å². The molecule has 0 fully saturated rings. The number of benzene rings is 1. The molecule has 2 N–H and O–H groups in total. The van der Waals surface area contributed by atoms with E-state index in [1.807, 2.05) is 13.8 Å². The highest BCUT2D eigenvalue weighted by molar-refractivity contribution is 5.98. The molecule has 1 amide bonds. The van der Waals surface area contributed by atoms with Crippen molar-refractivity contribution in [2.45, 2.75) is 52.7 Å². The van der Waals surface area contributed by atoms with Crippen LogP contribution in [-0.4, -0.2) is 28.2 Å². The van der Waals surface area contributed by atoms with Crippen molar-refractivity contribution in [2.75, 3.05) is 0 Å². The van der Waals surface area contributed by atoms with Crippen LogP contribution in [0.5, 0.6) is 5.75 Å². The number of ether oxygens (including phenoxy) is 1. The molecule has 0 aliphatic carbocycles. The fourth-order valence-corrected chi connectivity index (χ4v) is 2.54. The van der Waals surface area contributed by atoms with Crippen LogP contribution in [0.1, 0.15) is 53.6 Å². The Bertz CT molecular complexity index is 750. The quantitative estimate of drug-likeness (QED) is 0.712. The van der Waals surface area contributed by atoms with Crippen LogP contribution in [0.15, 0.2) is 28.8 Å². The highest BCUT2D eigenvalue weighted by Crippen LogP contribution is 2.21. The highest BCUT2D eigenvalue weighted by Gasteiger charge is 2.22. The minimum absolute atomic E-state index is 0.212. The summed E-state index contributed by atoms with van der Waals surface area (Å²) in [5.41, 5.74) is 1.85. The van der Waals surface area contributed by atoms with Gasteiger partial charge in [-0.3, -0.25) is 4.79 Å². The van der Waals surface area contributed by atoms with E-state index in [-0.39, 0.29) is 6.61 Å². The Morgan fingerprint density at radius 1 is 1.31 bits per heavy atom. The molecule has 140 valence electrons. The van der Waals surface area contributed by atoms with Crippen LogP contribution in [0.2, 0.25) is 0 Å². The van der Waals surface area contributed by atoms with Gasteiger partial charge in [0, 0.05) is 0 Å². The zero-order valence-corrected chi connectivity index (χ0v) is 15.2. The maximum atomic E-state index is 12.6. The number of hydrogen-bond acceptors (Lipinski definition) is 5. The Balaban J connectivity index is 2.12. The van der Waals surface area contributed by atoms with Crippen molar-refractivity contribution >= 4 is 11.9 Å². The Labute approximate surface area is 152 Å². The number of nitrogens with one attached hydrogen (secondary N) is 1. The number of rotatable bonds is 9. The lowest BCUT2D eigenvalue weighted by Crippen LogP contribution is -2.40. The predicted molar refractivity (Wildman–Crippen MR) is 95.2 cm³/mol. The monoisotopic (exact) mass is 360 g/mol. The van der Waals surface area contributed by atoms with E-state index >= 15 is 0 Å². The lowest BCUT2D eigenvalue weighted by molar-refractivity contribution is -0.139. The zero-order valence-electron chi connectivity index (χ0n) is 15.2. The first-order valence-corrected chi connectivity index (χ1v) is 8.61. The van der Waals surface area contributed by atoms with Crippen LogP contribution in [0.3, 0.4) is 0 Å². The predicted octanol–water partition coefficient (Wildman–Crippen LogP) is 3.24. The number of hydrogen-bond donors (Lipinski definition) is 2. The molecule has 2 aromatic rings. The smallest absolute Gasteiger partial charge is 0.326 e. The van der Waals surface area contributed by atoms with Gasteiger partial charge in [0.2, 0.25) is 0 Å². The second-order valence-electron chi connectivity index (χ2n) is 6.09. The van der Waals surface area contributed by atoms with E-state index in [4.69, 9.17) is 9.26 Å². The molecule has 1 aromatic heterocycles. The third-order valence-electron chi connectivity index (χ3n) is 4.13. The van der Waals surface area contributed by atoms with Crippen molar-refractivity contribution in [1.29, 1.82) is 0 Å². The molecule has 0 saturated carbocycles. The van der Waals surface area contributed by atoms with E-state index in [1.165, 1.54) is 0 Å². The van der Waals surface area contributed by atoms with Gasteiger partial charge in [-0.1, -0.05) is 37.1 Å². The summed E-state index contributed by atoms with van der Waals surface area (Å²) in [6, 6.07) is 5.83. The zero-order chi connectivity index (χ0) is 19.1. The SMILES string of the molecule is CCCC[C@H](NC(=O)c1ccccc1OCc1c(C)noc1C)C(=O)O. The van der Waals surface area contributed by atoms with Gasteiger partial charge >= 0.3 is 5.97 Å². The molecule has 0 radical (unpaired) electrons. The second-order valence-corrected chi connectivity index (χ2v) is 6.09. The molecule has 26 heavy (non-hydrogen) atoms. The van der Waals surface area contributed by atoms with E-state index in [0.717, 1.165) is 24.1 Å². The summed E-state index contributed by atoms with van der Waals surface area (Å²) in [5.74, 6) is -0.469. The molecule has 1 heterocycles.